The Labute approximate surface area is 166 Å². The Kier molecular flexibility index (Phi) is 5.79. The lowest BCUT2D eigenvalue weighted by molar-refractivity contribution is 0.0349. The molecule has 0 radical (unpaired) electrons. The molecule has 0 bridgehead atoms. The van der Waals surface area contributed by atoms with Crippen molar-refractivity contribution in [3.8, 4) is 0 Å². The van der Waals surface area contributed by atoms with Crippen molar-refractivity contribution in [1.29, 1.82) is 0 Å². The van der Waals surface area contributed by atoms with Crippen LogP contribution in [0.1, 0.15) is 34.9 Å². The molecule has 0 aliphatic rings. The topological polar surface area (TPSA) is 22.1 Å². The van der Waals surface area contributed by atoms with Crippen LogP contribution in [0.25, 0.3) is 10.9 Å². The van der Waals surface area contributed by atoms with Crippen LogP contribution >= 0.6 is 0 Å². The first-order valence-corrected chi connectivity index (χ1v) is 9.85. The fourth-order valence-corrected chi connectivity index (χ4v) is 3.65. The van der Waals surface area contributed by atoms with Gasteiger partial charge < -0.3 is 4.74 Å². The predicted octanol–water partition coefficient (Wildman–Crippen LogP) is 6.43. The Bertz CT molecular complexity index is 984. The summed E-state index contributed by atoms with van der Waals surface area (Å²) in [6.07, 6.45) is 1.94. The molecule has 0 saturated carbocycles. The molecule has 1 atom stereocenters. The van der Waals surface area contributed by atoms with Gasteiger partial charge >= 0.3 is 0 Å². The molecule has 28 heavy (non-hydrogen) atoms. The summed E-state index contributed by atoms with van der Waals surface area (Å²) in [7, 11) is 0. The second-order valence-electron chi connectivity index (χ2n) is 7.18. The first-order valence-electron chi connectivity index (χ1n) is 9.85. The van der Waals surface area contributed by atoms with E-state index in [1.165, 1.54) is 22.1 Å². The number of rotatable bonds is 7. The number of benzene rings is 3. The molecule has 1 heterocycles. The van der Waals surface area contributed by atoms with E-state index in [1.807, 2.05) is 12.1 Å². The molecule has 1 unspecified atom stereocenters. The largest absolute Gasteiger partial charge is 0.369 e. The number of nitrogens with zero attached hydrogens (tertiary/aromatic N) is 1. The average molecular weight is 367 g/mol. The lowest BCUT2D eigenvalue weighted by atomic mass is 9.97. The normalized spacial score (nSPS) is 12.2. The van der Waals surface area contributed by atoms with Crippen molar-refractivity contribution in [2.75, 3.05) is 0 Å². The summed E-state index contributed by atoms with van der Waals surface area (Å²) in [5, 5.41) is 1.18. The average Bonchev–Trinajstić information content (AvgIpc) is 2.75. The van der Waals surface area contributed by atoms with E-state index >= 15 is 0 Å². The van der Waals surface area contributed by atoms with Gasteiger partial charge in [0.15, 0.2) is 0 Å². The van der Waals surface area contributed by atoms with E-state index in [0.717, 1.165) is 24.1 Å². The first kappa shape index (κ1) is 18.4. The summed E-state index contributed by atoms with van der Waals surface area (Å²) in [4.78, 5) is 4.70. The Balaban J connectivity index is 1.64. The summed E-state index contributed by atoms with van der Waals surface area (Å²) in [6, 6.07) is 31.6. The van der Waals surface area contributed by atoms with Crippen LogP contribution in [0.4, 0.5) is 0 Å². The number of ether oxygens (including phenoxy) is 1. The van der Waals surface area contributed by atoms with Crippen molar-refractivity contribution in [3.05, 3.63) is 113 Å². The van der Waals surface area contributed by atoms with Gasteiger partial charge in [0.05, 0.1) is 18.2 Å². The summed E-state index contributed by atoms with van der Waals surface area (Å²) in [6.45, 7) is 2.66. The molecule has 1 aromatic heterocycles. The van der Waals surface area contributed by atoms with Crippen molar-refractivity contribution < 1.29 is 4.74 Å². The molecule has 2 nitrogen and oxygen atoms in total. The smallest absolute Gasteiger partial charge is 0.0839 e. The molecule has 0 fully saturated rings. The minimum Gasteiger partial charge on any atom is -0.369 e. The zero-order valence-corrected chi connectivity index (χ0v) is 16.2. The number of fused-ring (bicyclic) bond motifs is 1. The van der Waals surface area contributed by atoms with E-state index in [4.69, 9.17) is 9.72 Å². The minimum absolute atomic E-state index is 0.0204. The maximum atomic E-state index is 6.47. The van der Waals surface area contributed by atoms with E-state index in [9.17, 15) is 0 Å². The maximum absolute atomic E-state index is 6.47. The summed E-state index contributed by atoms with van der Waals surface area (Å²) >= 11 is 0. The molecule has 0 N–H and O–H groups in total. The van der Waals surface area contributed by atoms with Crippen molar-refractivity contribution in [2.24, 2.45) is 0 Å². The van der Waals surface area contributed by atoms with Gasteiger partial charge in [0.2, 0.25) is 0 Å². The van der Waals surface area contributed by atoms with Crippen LogP contribution in [-0.2, 0) is 17.8 Å². The molecule has 0 aliphatic heterocycles. The van der Waals surface area contributed by atoms with Crippen LogP contribution in [0.5, 0.6) is 0 Å². The Morgan fingerprint density at radius 1 is 0.786 bits per heavy atom. The molecular formula is C26H25NO. The third-order valence-electron chi connectivity index (χ3n) is 5.06. The third-order valence-corrected chi connectivity index (χ3v) is 5.06. The molecule has 4 aromatic rings. The number of hydrogen-bond acceptors (Lipinski definition) is 2. The van der Waals surface area contributed by atoms with Gasteiger partial charge in [0.1, 0.15) is 0 Å². The zero-order chi connectivity index (χ0) is 19.2. The van der Waals surface area contributed by atoms with Crippen LogP contribution in [-0.4, -0.2) is 4.98 Å². The van der Waals surface area contributed by atoms with Gasteiger partial charge in [-0.1, -0.05) is 78.9 Å². The van der Waals surface area contributed by atoms with E-state index in [1.54, 1.807) is 0 Å². The number of aromatic nitrogens is 1. The highest BCUT2D eigenvalue weighted by atomic mass is 16.5. The van der Waals surface area contributed by atoms with Crippen LogP contribution in [0.15, 0.2) is 91.0 Å². The monoisotopic (exact) mass is 367 g/mol. The number of pyridine rings is 1. The van der Waals surface area contributed by atoms with Gasteiger partial charge in [-0.2, -0.15) is 0 Å². The van der Waals surface area contributed by atoms with Gasteiger partial charge in [-0.3, -0.25) is 4.98 Å². The van der Waals surface area contributed by atoms with Crippen molar-refractivity contribution >= 4 is 10.9 Å². The van der Waals surface area contributed by atoms with Gasteiger partial charge in [-0.25, -0.2) is 0 Å². The van der Waals surface area contributed by atoms with E-state index in [0.29, 0.717) is 6.61 Å². The van der Waals surface area contributed by atoms with Gasteiger partial charge in [0.25, 0.3) is 0 Å². The molecule has 0 spiro atoms. The standard InChI is InChI=1S/C26H25NO/c1-20-18-24(23-14-8-9-15-25(23)27-20)26(17-16-21-10-4-2-5-11-21)28-19-22-12-6-3-7-13-22/h2-15,18,26H,16-17,19H2,1H3. The van der Waals surface area contributed by atoms with Crippen LogP contribution in [0.3, 0.4) is 0 Å². The first-order chi connectivity index (χ1) is 13.8. The lowest BCUT2D eigenvalue weighted by Crippen LogP contribution is -2.08. The molecular weight excluding hydrogens is 342 g/mol. The highest BCUT2D eigenvalue weighted by Gasteiger charge is 2.17. The second kappa shape index (κ2) is 8.81. The summed E-state index contributed by atoms with van der Waals surface area (Å²) in [5.41, 5.74) is 5.83. The van der Waals surface area contributed by atoms with Crippen molar-refractivity contribution in [3.63, 3.8) is 0 Å². The SMILES string of the molecule is Cc1cc(C(CCc2ccccc2)OCc2ccccc2)c2ccccc2n1. The number of hydrogen-bond donors (Lipinski definition) is 0. The molecule has 2 heteroatoms. The van der Waals surface area contributed by atoms with Gasteiger partial charge in [-0.15, -0.1) is 0 Å². The highest BCUT2D eigenvalue weighted by molar-refractivity contribution is 5.82. The Morgan fingerprint density at radius 2 is 1.43 bits per heavy atom. The fourth-order valence-electron chi connectivity index (χ4n) is 3.65. The molecule has 140 valence electrons. The highest BCUT2D eigenvalue weighted by Crippen LogP contribution is 2.31. The van der Waals surface area contributed by atoms with Gasteiger partial charge in [-0.05, 0) is 48.6 Å². The lowest BCUT2D eigenvalue weighted by Gasteiger charge is -2.21. The van der Waals surface area contributed by atoms with Crippen LogP contribution in [0.2, 0.25) is 0 Å². The Hall–Kier alpha value is -2.97. The van der Waals surface area contributed by atoms with Crippen LogP contribution in [0, 0.1) is 6.92 Å². The maximum Gasteiger partial charge on any atom is 0.0839 e. The summed E-state index contributed by atoms with van der Waals surface area (Å²) in [5.74, 6) is 0. The fraction of sp³-hybridized carbons (Fsp3) is 0.192. The van der Waals surface area contributed by atoms with E-state index in [2.05, 4.69) is 85.8 Å². The van der Waals surface area contributed by atoms with E-state index in [-0.39, 0.29) is 6.10 Å². The van der Waals surface area contributed by atoms with Crippen molar-refractivity contribution in [2.45, 2.75) is 32.5 Å². The van der Waals surface area contributed by atoms with E-state index < -0.39 is 0 Å². The third kappa shape index (κ3) is 4.47. The molecule has 4 rings (SSSR count). The summed E-state index contributed by atoms with van der Waals surface area (Å²) < 4.78 is 6.47. The molecule has 3 aromatic carbocycles. The minimum atomic E-state index is 0.0204. The second-order valence-corrected chi connectivity index (χ2v) is 7.18. The number of aryl methyl sites for hydroxylation is 2. The predicted molar refractivity (Wildman–Crippen MR) is 115 cm³/mol. The molecule has 0 saturated heterocycles. The zero-order valence-electron chi connectivity index (χ0n) is 16.2. The van der Waals surface area contributed by atoms with Crippen molar-refractivity contribution in [1.82, 2.24) is 4.98 Å². The molecule has 0 aliphatic carbocycles. The quantitative estimate of drug-likeness (QED) is 0.375. The number of para-hydroxylation sites is 1. The van der Waals surface area contributed by atoms with Gasteiger partial charge in [0, 0.05) is 11.1 Å². The van der Waals surface area contributed by atoms with Crippen LogP contribution < -0.4 is 0 Å². The molecule has 0 amide bonds. The Morgan fingerprint density at radius 3 is 2.18 bits per heavy atom.